The quantitative estimate of drug-likeness (QED) is 0.911. The van der Waals surface area contributed by atoms with Crippen molar-refractivity contribution in [2.75, 3.05) is 44.2 Å². The van der Waals surface area contributed by atoms with Gasteiger partial charge in [-0.25, -0.2) is 8.78 Å². The first-order chi connectivity index (χ1) is 11.7. The lowest BCUT2D eigenvalue weighted by Crippen LogP contribution is -2.29. The highest BCUT2D eigenvalue weighted by atomic mass is 19.3. The number of nitrogens with zero attached hydrogens (tertiary/aromatic N) is 2. The van der Waals surface area contributed by atoms with Crippen LogP contribution in [0.2, 0.25) is 0 Å². The average Bonchev–Trinajstić information content (AvgIpc) is 3.17. The van der Waals surface area contributed by atoms with E-state index in [4.69, 9.17) is 0 Å². The van der Waals surface area contributed by atoms with Crippen molar-refractivity contribution in [2.24, 2.45) is 11.8 Å². The van der Waals surface area contributed by atoms with Crippen LogP contribution in [0.4, 0.5) is 14.5 Å². The van der Waals surface area contributed by atoms with Crippen molar-refractivity contribution in [3.05, 3.63) is 29.3 Å². The van der Waals surface area contributed by atoms with Crippen LogP contribution in [0, 0.1) is 11.8 Å². The molecule has 1 aromatic carbocycles. The van der Waals surface area contributed by atoms with Crippen LogP contribution in [0.15, 0.2) is 18.2 Å². The lowest BCUT2D eigenvalue weighted by molar-refractivity contribution is 0.148. The van der Waals surface area contributed by atoms with E-state index in [1.165, 1.54) is 6.42 Å². The molecule has 1 N–H and O–H groups in total. The minimum atomic E-state index is -2.39. The molecule has 3 fully saturated rings. The lowest BCUT2D eigenvalue weighted by Gasteiger charge is -2.30. The SMILES string of the molecule is FC(F)c1cc(N2CCCCC2)ccc1CN1CC2CNCC2C1. The van der Waals surface area contributed by atoms with Crippen LogP contribution in [0.25, 0.3) is 0 Å². The summed E-state index contributed by atoms with van der Waals surface area (Å²) in [5, 5.41) is 3.43. The Hall–Kier alpha value is -1.20. The van der Waals surface area contributed by atoms with Gasteiger partial charge in [0.2, 0.25) is 0 Å². The molecule has 0 aromatic heterocycles. The van der Waals surface area contributed by atoms with E-state index in [-0.39, 0.29) is 5.56 Å². The van der Waals surface area contributed by atoms with Gasteiger partial charge in [0.15, 0.2) is 0 Å². The fraction of sp³-hybridized carbons (Fsp3) is 0.684. The van der Waals surface area contributed by atoms with Crippen molar-refractivity contribution in [3.63, 3.8) is 0 Å². The van der Waals surface area contributed by atoms with Crippen molar-refractivity contribution in [1.29, 1.82) is 0 Å². The number of benzene rings is 1. The minimum Gasteiger partial charge on any atom is -0.372 e. The molecule has 2 atom stereocenters. The first kappa shape index (κ1) is 16.3. The van der Waals surface area contributed by atoms with Gasteiger partial charge in [-0.05, 0) is 61.9 Å². The highest BCUT2D eigenvalue weighted by molar-refractivity contribution is 5.51. The molecule has 132 valence electrons. The van der Waals surface area contributed by atoms with Crippen molar-refractivity contribution < 1.29 is 8.78 Å². The Bertz CT molecular complexity index is 560. The van der Waals surface area contributed by atoms with Crippen LogP contribution >= 0.6 is 0 Å². The number of halogens is 2. The molecule has 0 aliphatic carbocycles. The molecule has 3 aliphatic rings. The van der Waals surface area contributed by atoms with Crippen molar-refractivity contribution >= 4 is 5.69 Å². The third-order valence-electron chi connectivity index (χ3n) is 5.94. The third kappa shape index (κ3) is 3.29. The standard InChI is InChI=1S/C19H27F2N3/c20-19(21)18-8-17(24-6-2-1-3-7-24)5-4-14(18)11-23-12-15-9-22-10-16(15)13-23/h4-5,8,15-16,19,22H,1-3,6-7,9-13H2. The van der Waals surface area contributed by atoms with Crippen LogP contribution in [-0.4, -0.2) is 44.2 Å². The minimum absolute atomic E-state index is 0.230. The maximum atomic E-state index is 13.6. The van der Waals surface area contributed by atoms with Gasteiger partial charge in [0, 0.05) is 44.0 Å². The van der Waals surface area contributed by atoms with Gasteiger partial charge in [0.05, 0.1) is 0 Å². The summed E-state index contributed by atoms with van der Waals surface area (Å²) in [5.74, 6) is 1.40. The summed E-state index contributed by atoms with van der Waals surface area (Å²) in [7, 11) is 0. The molecule has 0 radical (unpaired) electrons. The zero-order chi connectivity index (χ0) is 16.5. The molecule has 3 nitrogen and oxygen atoms in total. The Morgan fingerprint density at radius 2 is 1.75 bits per heavy atom. The molecule has 1 aromatic rings. The maximum Gasteiger partial charge on any atom is 0.264 e. The Kier molecular flexibility index (Phi) is 4.72. The van der Waals surface area contributed by atoms with Gasteiger partial charge in [0.1, 0.15) is 0 Å². The number of fused-ring (bicyclic) bond motifs is 1. The molecule has 0 amide bonds. The van der Waals surface area contributed by atoms with Gasteiger partial charge >= 0.3 is 0 Å². The van der Waals surface area contributed by atoms with Gasteiger partial charge in [-0.1, -0.05) is 6.07 Å². The van der Waals surface area contributed by atoms with Crippen molar-refractivity contribution in [3.8, 4) is 0 Å². The molecule has 0 bridgehead atoms. The molecule has 0 spiro atoms. The lowest BCUT2D eigenvalue weighted by atomic mass is 10.0. The number of hydrogen-bond donors (Lipinski definition) is 1. The van der Waals surface area contributed by atoms with E-state index in [0.29, 0.717) is 18.4 Å². The summed E-state index contributed by atoms with van der Waals surface area (Å²) in [6.07, 6.45) is 1.18. The molecule has 3 aliphatic heterocycles. The molecule has 5 heteroatoms. The normalized spacial score (nSPS) is 27.9. The first-order valence-electron chi connectivity index (χ1n) is 9.29. The van der Waals surface area contributed by atoms with Crippen molar-refractivity contribution in [1.82, 2.24) is 10.2 Å². The summed E-state index contributed by atoms with van der Waals surface area (Å²) >= 11 is 0. The molecule has 24 heavy (non-hydrogen) atoms. The number of rotatable bonds is 4. The molecule has 0 saturated carbocycles. The summed E-state index contributed by atoms with van der Waals surface area (Å²) < 4.78 is 27.3. The highest BCUT2D eigenvalue weighted by Gasteiger charge is 2.36. The van der Waals surface area contributed by atoms with E-state index in [0.717, 1.165) is 63.4 Å². The number of likely N-dealkylation sites (tertiary alicyclic amines) is 1. The Labute approximate surface area is 143 Å². The van der Waals surface area contributed by atoms with E-state index >= 15 is 0 Å². The molecule has 3 heterocycles. The summed E-state index contributed by atoms with van der Waals surface area (Å²) in [6, 6.07) is 5.73. The number of hydrogen-bond acceptors (Lipinski definition) is 3. The fourth-order valence-corrected chi connectivity index (χ4v) is 4.60. The maximum absolute atomic E-state index is 13.6. The predicted molar refractivity (Wildman–Crippen MR) is 92.6 cm³/mol. The van der Waals surface area contributed by atoms with Gasteiger partial charge in [-0.15, -0.1) is 0 Å². The van der Waals surface area contributed by atoms with E-state index in [1.54, 1.807) is 6.07 Å². The topological polar surface area (TPSA) is 18.5 Å². The largest absolute Gasteiger partial charge is 0.372 e. The fourth-order valence-electron chi connectivity index (χ4n) is 4.60. The second kappa shape index (κ2) is 6.96. The second-order valence-electron chi connectivity index (χ2n) is 7.60. The van der Waals surface area contributed by atoms with Gasteiger partial charge < -0.3 is 10.2 Å². The van der Waals surface area contributed by atoms with E-state index in [9.17, 15) is 8.78 Å². The zero-order valence-corrected chi connectivity index (χ0v) is 14.2. The zero-order valence-electron chi connectivity index (χ0n) is 14.2. The first-order valence-corrected chi connectivity index (χ1v) is 9.29. The molecular formula is C19H27F2N3. The van der Waals surface area contributed by atoms with E-state index in [1.807, 2.05) is 12.1 Å². The summed E-state index contributed by atoms with van der Waals surface area (Å²) in [5.41, 5.74) is 2.00. The Morgan fingerprint density at radius 1 is 1.04 bits per heavy atom. The second-order valence-corrected chi connectivity index (χ2v) is 7.60. The molecule has 3 saturated heterocycles. The van der Waals surface area contributed by atoms with Gasteiger partial charge in [-0.2, -0.15) is 0 Å². The van der Waals surface area contributed by atoms with Crippen molar-refractivity contribution in [2.45, 2.75) is 32.2 Å². The highest BCUT2D eigenvalue weighted by Crippen LogP contribution is 2.32. The molecular weight excluding hydrogens is 308 g/mol. The van der Waals surface area contributed by atoms with Gasteiger partial charge in [0.25, 0.3) is 6.43 Å². The van der Waals surface area contributed by atoms with E-state index < -0.39 is 6.43 Å². The number of alkyl halides is 2. The van der Waals surface area contributed by atoms with Crippen LogP contribution in [0.5, 0.6) is 0 Å². The third-order valence-corrected chi connectivity index (χ3v) is 5.94. The van der Waals surface area contributed by atoms with Crippen LogP contribution in [-0.2, 0) is 6.54 Å². The monoisotopic (exact) mass is 335 g/mol. The van der Waals surface area contributed by atoms with Crippen LogP contribution in [0.3, 0.4) is 0 Å². The van der Waals surface area contributed by atoms with Crippen LogP contribution in [0.1, 0.15) is 36.8 Å². The van der Waals surface area contributed by atoms with Crippen LogP contribution < -0.4 is 10.2 Å². The summed E-state index contributed by atoms with van der Waals surface area (Å²) in [4.78, 5) is 4.61. The Balaban J connectivity index is 1.49. The smallest absolute Gasteiger partial charge is 0.264 e. The van der Waals surface area contributed by atoms with Gasteiger partial charge in [-0.3, -0.25) is 4.90 Å². The van der Waals surface area contributed by atoms with E-state index in [2.05, 4.69) is 15.1 Å². The number of piperidine rings is 1. The summed E-state index contributed by atoms with van der Waals surface area (Å²) in [6.45, 7) is 6.87. The molecule has 4 rings (SSSR count). The average molecular weight is 335 g/mol. The Morgan fingerprint density at radius 3 is 2.42 bits per heavy atom. The number of nitrogens with one attached hydrogen (secondary N) is 1. The number of anilines is 1. The predicted octanol–water partition coefficient (Wildman–Crippen LogP) is 3.27. The molecule has 2 unspecified atom stereocenters.